The summed E-state index contributed by atoms with van der Waals surface area (Å²) in [5, 5.41) is 7.88. The smallest absolute Gasteiger partial charge is 0.255 e. The summed E-state index contributed by atoms with van der Waals surface area (Å²) in [6.45, 7) is 4.19. The summed E-state index contributed by atoms with van der Waals surface area (Å²) < 4.78 is 13.2. The average molecular weight is 497 g/mol. The minimum absolute atomic E-state index is 0.0685. The van der Waals surface area contributed by atoms with Crippen molar-refractivity contribution < 1.29 is 14.3 Å². The number of benzene rings is 3. The van der Waals surface area contributed by atoms with Crippen LogP contribution < -0.4 is 10.1 Å². The van der Waals surface area contributed by atoms with Gasteiger partial charge in [-0.15, -0.1) is 0 Å². The molecular formula is C30H32N4O3. The van der Waals surface area contributed by atoms with E-state index >= 15 is 0 Å². The summed E-state index contributed by atoms with van der Waals surface area (Å²) in [5.41, 5.74) is 4.38. The summed E-state index contributed by atoms with van der Waals surface area (Å²) in [6, 6.07) is 28.1. The van der Waals surface area contributed by atoms with Gasteiger partial charge in [-0.1, -0.05) is 72.8 Å². The van der Waals surface area contributed by atoms with Gasteiger partial charge < -0.3 is 14.8 Å². The van der Waals surface area contributed by atoms with E-state index in [-0.39, 0.29) is 12.0 Å². The Bertz CT molecular complexity index is 1310. The van der Waals surface area contributed by atoms with Gasteiger partial charge in [0.25, 0.3) is 5.91 Å². The lowest BCUT2D eigenvalue weighted by Crippen LogP contribution is -2.47. The summed E-state index contributed by atoms with van der Waals surface area (Å²) in [4.78, 5) is 15.8. The number of carbonyl (C=O) groups is 1. The molecule has 2 heterocycles. The van der Waals surface area contributed by atoms with Crippen LogP contribution in [-0.2, 0) is 17.8 Å². The third kappa shape index (κ3) is 6.44. The quantitative estimate of drug-likeness (QED) is 0.376. The summed E-state index contributed by atoms with van der Waals surface area (Å²) in [7, 11) is 1.63. The van der Waals surface area contributed by atoms with E-state index in [0.717, 1.165) is 36.5 Å². The Kier molecular flexibility index (Phi) is 7.93. The first-order valence-corrected chi connectivity index (χ1v) is 12.6. The SMILES string of the molecule is COc1cccc(-c2nn(Cc3ccccc3)cc2C(=O)NCC2CN(Cc3ccccc3)CCO2)c1. The van der Waals surface area contributed by atoms with E-state index in [9.17, 15) is 4.79 Å². The minimum atomic E-state index is -0.166. The van der Waals surface area contributed by atoms with Gasteiger partial charge in [0.05, 0.1) is 31.9 Å². The van der Waals surface area contributed by atoms with Crippen LogP contribution >= 0.6 is 0 Å². The monoisotopic (exact) mass is 496 g/mol. The molecular weight excluding hydrogens is 464 g/mol. The van der Waals surface area contributed by atoms with Crippen LogP contribution in [0.15, 0.2) is 91.1 Å². The molecule has 1 unspecified atom stereocenters. The largest absolute Gasteiger partial charge is 0.497 e. The molecule has 1 amide bonds. The first-order chi connectivity index (χ1) is 18.2. The van der Waals surface area contributed by atoms with Gasteiger partial charge in [0.15, 0.2) is 0 Å². The van der Waals surface area contributed by atoms with Gasteiger partial charge in [-0.3, -0.25) is 14.4 Å². The van der Waals surface area contributed by atoms with Gasteiger partial charge in [0.2, 0.25) is 0 Å². The number of rotatable bonds is 9. The van der Waals surface area contributed by atoms with Gasteiger partial charge >= 0.3 is 0 Å². The van der Waals surface area contributed by atoms with Gasteiger partial charge in [0, 0.05) is 37.9 Å². The molecule has 7 heteroatoms. The van der Waals surface area contributed by atoms with Crippen LogP contribution in [0.4, 0.5) is 0 Å². The first-order valence-electron chi connectivity index (χ1n) is 12.6. The van der Waals surface area contributed by atoms with Crippen LogP contribution in [0.3, 0.4) is 0 Å². The van der Waals surface area contributed by atoms with E-state index in [0.29, 0.717) is 31.0 Å². The highest BCUT2D eigenvalue weighted by Gasteiger charge is 2.23. The maximum atomic E-state index is 13.4. The van der Waals surface area contributed by atoms with Crippen LogP contribution in [0.25, 0.3) is 11.3 Å². The van der Waals surface area contributed by atoms with E-state index in [4.69, 9.17) is 14.6 Å². The molecule has 37 heavy (non-hydrogen) atoms. The van der Waals surface area contributed by atoms with Crippen LogP contribution in [-0.4, -0.2) is 60.0 Å². The zero-order valence-electron chi connectivity index (χ0n) is 21.0. The number of nitrogens with one attached hydrogen (secondary N) is 1. The molecule has 0 saturated carbocycles. The van der Waals surface area contributed by atoms with E-state index in [2.05, 4.69) is 34.5 Å². The van der Waals surface area contributed by atoms with Gasteiger partial charge in [0.1, 0.15) is 11.4 Å². The van der Waals surface area contributed by atoms with Crippen LogP contribution in [0, 0.1) is 0 Å². The molecule has 0 aliphatic carbocycles. The molecule has 0 bridgehead atoms. The second kappa shape index (κ2) is 11.9. The highest BCUT2D eigenvalue weighted by atomic mass is 16.5. The molecule has 1 aliphatic rings. The molecule has 5 rings (SSSR count). The number of carbonyl (C=O) groups excluding carboxylic acids is 1. The predicted molar refractivity (Wildman–Crippen MR) is 144 cm³/mol. The van der Waals surface area contributed by atoms with E-state index < -0.39 is 0 Å². The zero-order chi connectivity index (χ0) is 25.5. The average Bonchev–Trinajstić information content (AvgIpc) is 3.37. The van der Waals surface area contributed by atoms with Crippen molar-refractivity contribution in [2.24, 2.45) is 0 Å². The van der Waals surface area contributed by atoms with Crippen molar-refractivity contribution in [1.82, 2.24) is 20.0 Å². The van der Waals surface area contributed by atoms with Gasteiger partial charge in [-0.2, -0.15) is 5.10 Å². The molecule has 3 aromatic carbocycles. The van der Waals surface area contributed by atoms with Crippen molar-refractivity contribution in [2.45, 2.75) is 19.2 Å². The third-order valence-corrected chi connectivity index (χ3v) is 6.50. The Morgan fingerprint density at radius 2 is 1.73 bits per heavy atom. The first kappa shape index (κ1) is 24.7. The third-order valence-electron chi connectivity index (χ3n) is 6.50. The Labute approximate surface area is 217 Å². The maximum Gasteiger partial charge on any atom is 0.255 e. The second-order valence-electron chi connectivity index (χ2n) is 9.23. The Balaban J connectivity index is 1.30. The number of nitrogens with zero attached hydrogens (tertiary/aromatic N) is 3. The number of morpholine rings is 1. The van der Waals surface area contributed by atoms with Crippen molar-refractivity contribution >= 4 is 5.91 Å². The molecule has 0 spiro atoms. The lowest BCUT2D eigenvalue weighted by molar-refractivity contribution is -0.0292. The fourth-order valence-electron chi connectivity index (χ4n) is 4.61. The maximum absolute atomic E-state index is 13.4. The number of hydrogen-bond acceptors (Lipinski definition) is 5. The molecule has 4 aromatic rings. The minimum Gasteiger partial charge on any atom is -0.497 e. The van der Waals surface area contributed by atoms with E-state index in [1.54, 1.807) is 7.11 Å². The summed E-state index contributed by atoms with van der Waals surface area (Å²) in [5.74, 6) is 0.552. The van der Waals surface area contributed by atoms with Gasteiger partial charge in [-0.25, -0.2) is 0 Å². The molecule has 190 valence electrons. The van der Waals surface area contributed by atoms with E-state index in [1.807, 2.05) is 71.5 Å². The highest BCUT2D eigenvalue weighted by molar-refractivity contribution is 5.99. The Hall–Kier alpha value is -3.94. The molecule has 1 aromatic heterocycles. The molecule has 1 saturated heterocycles. The van der Waals surface area contributed by atoms with Crippen molar-refractivity contribution in [3.63, 3.8) is 0 Å². The number of methoxy groups -OCH3 is 1. The molecule has 1 N–H and O–H groups in total. The molecule has 0 radical (unpaired) electrons. The number of ether oxygens (including phenoxy) is 2. The fraction of sp³-hybridized carbons (Fsp3) is 0.267. The Morgan fingerprint density at radius 3 is 2.46 bits per heavy atom. The highest BCUT2D eigenvalue weighted by Crippen LogP contribution is 2.26. The van der Waals surface area contributed by atoms with Crippen LogP contribution in [0.2, 0.25) is 0 Å². The van der Waals surface area contributed by atoms with Crippen molar-refractivity contribution in [1.29, 1.82) is 0 Å². The van der Waals surface area contributed by atoms with E-state index in [1.165, 1.54) is 5.56 Å². The van der Waals surface area contributed by atoms with Crippen molar-refractivity contribution in [3.05, 3.63) is 108 Å². The van der Waals surface area contributed by atoms with Crippen LogP contribution in [0.1, 0.15) is 21.5 Å². The molecule has 1 atom stereocenters. The number of amides is 1. The fourth-order valence-corrected chi connectivity index (χ4v) is 4.61. The molecule has 7 nitrogen and oxygen atoms in total. The summed E-state index contributed by atoms with van der Waals surface area (Å²) in [6.07, 6.45) is 1.75. The predicted octanol–water partition coefficient (Wildman–Crippen LogP) is 4.24. The second-order valence-corrected chi connectivity index (χ2v) is 9.23. The molecule has 1 aliphatic heterocycles. The summed E-state index contributed by atoms with van der Waals surface area (Å²) >= 11 is 0. The number of aromatic nitrogens is 2. The lowest BCUT2D eigenvalue weighted by atomic mass is 10.1. The van der Waals surface area contributed by atoms with Crippen molar-refractivity contribution in [2.75, 3.05) is 33.4 Å². The standard InChI is InChI=1S/C30H32N4O3/c1-36-26-14-8-13-25(17-26)29-28(22-34(32-29)20-24-11-6-3-7-12-24)30(35)31-18-27-21-33(15-16-37-27)19-23-9-4-2-5-10-23/h2-14,17,22,27H,15-16,18-21H2,1H3,(H,31,35). The molecule has 1 fully saturated rings. The lowest BCUT2D eigenvalue weighted by Gasteiger charge is -2.33. The topological polar surface area (TPSA) is 68.6 Å². The normalized spacial score (nSPS) is 15.9. The number of hydrogen-bond donors (Lipinski definition) is 1. The van der Waals surface area contributed by atoms with Crippen LogP contribution in [0.5, 0.6) is 5.75 Å². The van der Waals surface area contributed by atoms with Crippen molar-refractivity contribution in [3.8, 4) is 17.0 Å². The Morgan fingerprint density at radius 1 is 1.00 bits per heavy atom. The van der Waals surface area contributed by atoms with Gasteiger partial charge in [-0.05, 0) is 23.3 Å². The zero-order valence-corrected chi connectivity index (χ0v) is 21.0.